The van der Waals surface area contributed by atoms with Crippen molar-refractivity contribution in [3.63, 3.8) is 0 Å². The zero-order chi connectivity index (χ0) is 17.1. The predicted octanol–water partition coefficient (Wildman–Crippen LogP) is 1.66. The van der Waals surface area contributed by atoms with E-state index in [1.165, 1.54) is 0 Å². The van der Waals surface area contributed by atoms with Gasteiger partial charge in [0.25, 0.3) is 5.91 Å². The number of aliphatic hydroxyl groups is 1. The largest absolute Gasteiger partial charge is 0.392 e. The van der Waals surface area contributed by atoms with Crippen molar-refractivity contribution < 1.29 is 9.90 Å². The Balaban J connectivity index is 1.66. The minimum absolute atomic E-state index is 0.0718. The number of aliphatic hydroxyl groups excluding tert-OH is 1. The summed E-state index contributed by atoms with van der Waals surface area (Å²) in [5.41, 5.74) is 1.17. The predicted molar refractivity (Wildman–Crippen MR) is 92.6 cm³/mol. The van der Waals surface area contributed by atoms with E-state index in [-0.39, 0.29) is 12.0 Å². The molecule has 0 spiro atoms. The van der Waals surface area contributed by atoms with Gasteiger partial charge in [0.1, 0.15) is 0 Å². The second-order valence-electron chi connectivity index (χ2n) is 6.04. The lowest BCUT2D eigenvalue weighted by Gasteiger charge is -2.34. The van der Waals surface area contributed by atoms with Crippen LogP contribution in [0.4, 0.5) is 0 Å². The molecule has 6 nitrogen and oxygen atoms in total. The van der Waals surface area contributed by atoms with Crippen LogP contribution >= 0.6 is 11.6 Å². The van der Waals surface area contributed by atoms with Gasteiger partial charge in [0.05, 0.1) is 16.8 Å². The third kappa shape index (κ3) is 3.77. The lowest BCUT2D eigenvalue weighted by atomic mass is 10.2. The van der Waals surface area contributed by atoms with Gasteiger partial charge in [-0.15, -0.1) is 0 Å². The molecule has 128 valence electrons. The molecule has 0 radical (unpaired) electrons. The highest BCUT2D eigenvalue weighted by Gasteiger charge is 2.24. The van der Waals surface area contributed by atoms with Crippen molar-refractivity contribution in [1.82, 2.24) is 19.6 Å². The normalized spacial score (nSPS) is 17.0. The minimum Gasteiger partial charge on any atom is -0.392 e. The lowest BCUT2D eigenvalue weighted by Crippen LogP contribution is -2.50. The second-order valence-corrected chi connectivity index (χ2v) is 6.45. The zero-order valence-corrected chi connectivity index (χ0v) is 14.4. The third-order valence-corrected chi connectivity index (χ3v) is 4.41. The molecule has 2 heterocycles. The Labute approximate surface area is 146 Å². The molecular weight excluding hydrogens is 328 g/mol. The number of nitrogens with zero attached hydrogens (tertiary/aromatic N) is 4. The van der Waals surface area contributed by atoms with Gasteiger partial charge in [-0.25, -0.2) is 4.68 Å². The van der Waals surface area contributed by atoms with E-state index in [9.17, 15) is 9.90 Å². The summed E-state index contributed by atoms with van der Waals surface area (Å²) in [6.07, 6.45) is 1.40. The standard InChI is InChI=1S/C17H21ClN4O2/c1-13(23)12-20-8-10-21(11-9-20)17(24)15-6-7-22(19-15)16-5-3-2-4-14(16)18/h2-7,13,23H,8-12H2,1H3/t13-/m0/s1. The number of amides is 1. The molecule has 1 fully saturated rings. The van der Waals surface area contributed by atoms with Gasteiger partial charge in [-0.2, -0.15) is 5.10 Å². The molecule has 1 N–H and O–H groups in total. The first-order chi connectivity index (χ1) is 11.5. The first-order valence-corrected chi connectivity index (χ1v) is 8.42. The van der Waals surface area contributed by atoms with Gasteiger partial charge in [0, 0.05) is 38.9 Å². The SMILES string of the molecule is C[C@H](O)CN1CCN(C(=O)c2ccn(-c3ccccc3Cl)n2)CC1. The molecule has 1 aliphatic heterocycles. The number of carbonyl (C=O) groups excluding carboxylic acids is 1. The van der Waals surface area contributed by atoms with Crippen molar-refractivity contribution in [2.75, 3.05) is 32.7 Å². The Kier molecular flexibility index (Phi) is 5.18. The maximum Gasteiger partial charge on any atom is 0.274 e. The number of piperazine rings is 1. The summed E-state index contributed by atoms with van der Waals surface area (Å²) in [4.78, 5) is 16.6. The highest BCUT2D eigenvalue weighted by molar-refractivity contribution is 6.32. The topological polar surface area (TPSA) is 61.6 Å². The molecule has 1 aliphatic rings. The van der Waals surface area contributed by atoms with Crippen LogP contribution in [-0.2, 0) is 0 Å². The van der Waals surface area contributed by atoms with Crippen LogP contribution in [0, 0.1) is 0 Å². The molecule has 2 aromatic rings. The van der Waals surface area contributed by atoms with Crippen LogP contribution in [0.1, 0.15) is 17.4 Å². The van der Waals surface area contributed by atoms with Crippen molar-refractivity contribution in [2.24, 2.45) is 0 Å². The first kappa shape index (κ1) is 17.0. The number of benzene rings is 1. The van der Waals surface area contributed by atoms with Crippen LogP contribution in [0.15, 0.2) is 36.5 Å². The summed E-state index contributed by atoms with van der Waals surface area (Å²) in [5, 5.41) is 14.4. The van der Waals surface area contributed by atoms with Crippen LogP contribution < -0.4 is 0 Å². The van der Waals surface area contributed by atoms with E-state index in [0.29, 0.717) is 30.4 Å². The number of para-hydroxylation sites is 1. The number of β-amino-alcohol motifs (C(OH)–C–C–N with tert-alkyl or cyclic N) is 1. The van der Waals surface area contributed by atoms with E-state index < -0.39 is 0 Å². The molecule has 3 rings (SSSR count). The quantitative estimate of drug-likeness (QED) is 0.913. The van der Waals surface area contributed by atoms with Crippen LogP contribution in [-0.4, -0.2) is 69.4 Å². The van der Waals surface area contributed by atoms with Crippen molar-refractivity contribution in [1.29, 1.82) is 0 Å². The molecule has 1 amide bonds. The first-order valence-electron chi connectivity index (χ1n) is 8.05. The Morgan fingerprint density at radius 2 is 1.96 bits per heavy atom. The van der Waals surface area contributed by atoms with Crippen LogP contribution in [0.2, 0.25) is 5.02 Å². The van der Waals surface area contributed by atoms with Gasteiger partial charge in [-0.3, -0.25) is 9.69 Å². The van der Waals surface area contributed by atoms with Gasteiger partial charge >= 0.3 is 0 Å². The number of hydrogen-bond donors (Lipinski definition) is 1. The van der Waals surface area contributed by atoms with E-state index in [0.717, 1.165) is 18.8 Å². The highest BCUT2D eigenvalue weighted by atomic mass is 35.5. The van der Waals surface area contributed by atoms with Crippen LogP contribution in [0.3, 0.4) is 0 Å². The average molecular weight is 349 g/mol. The van der Waals surface area contributed by atoms with E-state index in [4.69, 9.17) is 11.6 Å². The summed E-state index contributed by atoms with van der Waals surface area (Å²) >= 11 is 6.17. The van der Waals surface area contributed by atoms with E-state index in [1.807, 2.05) is 18.2 Å². The smallest absolute Gasteiger partial charge is 0.274 e. The second kappa shape index (κ2) is 7.34. The van der Waals surface area contributed by atoms with Crippen molar-refractivity contribution in [2.45, 2.75) is 13.0 Å². The number of rotatable bonds is 4. The number of hydrogen-bond acceptors (Lipinski definition) is 4. The van der Waals surface area contributed by atoms with E-state index >= 15 is 0 Å². The fraction of sp³-hybridized carbons (Fsp3) is 0.412. The summed E-state index contributed by atoms with van der Waals surface area (Å²) in [7, 11) is 0. The Morgan fingerprint density at radius 1 is 1.25 bits per heavy atom. The molecule has 1 saturated heterocycles. The maximum atomic E-state index is 12.6. The average Bonchev–Trinajstić information content (AvgIpc) is 3.04. The van der Waals surface area contributed by atoms with Crippen molar-refractivity contribution in [3.8, 4) is 5.69 Å². The molecule has 1 aromatic heterocycles. The van der Waals surface area contributed by atoms with Crippen molar-refractivity contribution in [3.05, 3.63) is 47.2 Å². The van der Waals surface area contributed by atoms with Crippen LogP contribution in [0.5, 0.6) is 0 Å². The van der Waals surface area contributed by atoms with Gasteiger partial charge in [0.2, 0.25) is 0 Å². The molecule has 1 aromatic carbocycles. The molecular formula is C17H21ClN4O2. The van der Waals surface area contributed by atoms with E-state index in [1.54, 1.807) is 34.8 Å². The third-order valence-electron chi connectivity index (χ3n) is 4.09. The minimum atomic E-state index is -0.349. The lowest BCUT2D eigenvalue weighted by molar-refractivity contribution is 0.0549. The summed E-state index contributed by atoms with van der Waals surface area (Å²) in [6, 6.07) is 9.10. The molecule has 1 atom stereocenters. The Morgan fingerprint density at radius 3 is 2.62 bits per heavy atom. The number of carbonyl (C=O) groups is 1. The maximum absolute atomic E-state index is 12.6. The Hall–Kier alpha value is -1.89. The number of halogens is 1. The molecule has 0 bridgehead atoms. The molecule has 0 aliphatic carbocycles. The molecule has 0 unspecified atom stereocenters. The van der Waals surface area contributed by atoms with E-state index in [2.05, 4.69) is 10.00 Å². The van der Waals surface area contributed by atoms with Crippen molar-refractivity contribution >= 4 is 17.5 Å². The summed E-state index contributed by atoms with van der Waals surface area (Å²) in [6.45, 7) is 5.24. The van der Waals surface area contributed by atoms with Gasteiger partial charge in [-0.05, 0) is 25.1 Å². The molecule has 7 heteroatoms. The Bertz CT molecular complexity index is 708. The molecule has 24 heavy (non-hydrogen) atoms. The summed E-state index contributed by atoms with van der Waals surface area (Å²) < 4.78 is 1.62. The zero-order valence-electron chi connectivity index (χ0n) is 13.6. The van der Waals surface area contributed by atoms with Gasteiger partial charge in [-0.1, -0.05) is 23.7 Å². The van der Waals surface area contributed by atoms with Gasteiger partial charge in [0.15, 0.2) is 5.69 Å². The summed E-state index contributed by atoms with van der Waals surface area (Å²) in [5.74, 6) is -0.0718. The fourth-order valence-electron chi connectivity index (χ4n) is 2.88. The van der Waals surface area contributed by atoms with Crippen LogP contribution in [0.25, 0.3) is 5.69 Å². The molecule has 0 saturated carbocycles. The number of aromatic nitrogens is 2. The fourth-order valence-corrected chi connectivity index (χ4v) is 3.10. The highest BCUT2D eigenvalue weighted by Crippen LogP contribution is 2.19. The van der Waals surface area contributed by atoms with Gasteiger partial charge < -0.3 is 10.0 Å². The monoisotopic (exact) mass is 348 g/mol.